The van der Waals surface area contributed by atoms with Crippen molar-refractivity contribution in [1.29, 1.82) is 0 Å². The molecule has 6 nitrogen and oxygen atoms in total. The smallest absolute Gasteiger partial charge is 0.387 e. The van der Waals surface area contributed by atoms with Gasteiger partial charge in [0.05, 0.1) is 19.8 Å². The third-order valence-corrected chi connectivity index (χ3v) is 4.93. The molecule has 30 heavy (non-hydrogen) atoms. The number of carbonyl (C=O) groups excluding carboxylic acids is 1. The molecule has 1 fully saturated rings. The molecule has 3 rings (SSSR count). The lowest BCUT2D eigenvalue weighted by Crippen LogP contribution is -2.48. The zero-order valence-corrected chi connectivity index (χ0v) is 16.7. The summed E-state index contributed by atoms with van der Waals surface area (Å²) in [7, 11) is 2.85. The summed E-state index contributed by atoms with van der Waals surface area (Å²) in [6, 6.07) is 8.80. The second kappa shape index (κ2) is 9.71. The molecule has 0 unspecified atom stereocenters. The molecule has 0 saturated carbocycles. The fraction of sp³-hybridized carbons (Fsp3) is 0.381. The van der Waals surface area contributed by atoms with Crippen LogP contribution in [0.4, 0.5) is 13.2 Å². The highest BCUT2D eigenvalue weighted by atomic mass is 19.3. The molecule has 0 radical (unpaired) electrons. The molecular weight excluding hydrogens is 401 g/mol. The van der Waals surface area contributed by atoms with E-state index >= 15 is 0 Å². The standard InChI is InChI=1S/C21H23F3N2O4/c1-28-17-7-6-15(22)12-14(17)13-25-8-10-26(11-9-25)20(27)16-4-3-5-18(29-2)19(16)30-21(23)24/h3-7,12,21H,8-11,13H2,1-2H3. The highest BCUT2D eigenvalue weighted by Gasteiger charge is 2.27. The van der Waals surface area contributed by atoms with E-state index in [4.69, 9.17) is 9.47 Å². The number of hydrogen-bond acceptors (Lipinski definition) is 5. The summed E-state index contributed by atoms with van der Waals surface area (Å²) in [4.78, 5) is 16.6. The summed E-state index contributed by atoms with van der Waals surface area (Å²) in [5, 5.41) is 0. The van der Waals surface area contributed by atoms with Crippen LogP contribution < -0.4 is 14.2 Å². The quantitative estimate of drug-likeness (QED) is 0.682. The van der Waals surface area contributed by atoms with Gasteiger partial charge in [0, 0.05) is 38.3 Å². The van der Waals surface area contributed by atoms with Gasteiger partial charge in [0.2, 0.25) is 0 Å². The first-order valence-corrected chi connectivity index (χ1v) is 9.38. The van der Waals surface area contributed by atoms with Gasteiger partial charge in [0.15, 0.2) is 11.5 Å². The van der Waals surface area contributed by atoms with Crippen molar-refractivity contribution in [3.63, 3.8) is 0 Å². The van der Waals surface area contributed by atoms with E-state index in [1.807, 2.05) is 0 Å². The molecule has 1 aliphatic rings. The Morgan fingerprint density at radius 2 is 1.73 bits per heavy atom. The van der Waals surface area contributed by atoms with E-state index < -0.39 is 12.5 Å². The molecule has 2 aromatic rings. The Hall–Kier alpha value is -2.94. The Morgan fingerprint density at radius 3 is 2.37 bits per heavy atom. The van der Waals surface area contributed by atoms with Gasteiger partial charge in [0.25, 0.3) is 5.91 Å². The van der Waals surface area contributed by atoms with E-state index in [2.05, 4.69) is 9.64 Å². The summed E-state index contributed by atoms with van der Waals surface area (Å²) in [5.74, 6) is -0.360. The lowest BCUT2D eigenvalue weighted by molar-refractivity contribution is -0.0517. The number of nitrogens with zero attached hydrogens (tertiary/aromatic N) is 2. The van der Waals surface area contributed by atoms with Gasteiger partial charge in [-0.25, -0.2) is 4.39 Å². The van der Waals surface area contributed by atoms with Crippen LogP contribution in [0.1, 0.15) is 15.9 Å². The number of alkyl halides is 2. The third-order valence-electron chi connectivity index (χ3n) is 4.93. The Balaban J connectivity index is 1.68. The molecular formula is C21H23F3N2O4. The fourth-order valence-electron chi connectivity index (χ4n) is 3.45. The van der Waals surface area contributed by atoms with Gasteiger partial charge in [-0.3, -0.25) is 9.69 Å². The lowest BCUT2D eigenvalue weighted by Gasteiger charge is -2.35. The van der Waals surface area contributed by atoms with Crippen LogP contribution in [0.2, 0.25) is 0 Å². The Bertz CT molecular complexity index is 887. The minimum Gasteiger partial charge on any atom is -0.496 e. The van der Waals surface area contributed by atoms with Crippen molar-refractivity contribution < 1.29 is 32.2 Å². The summed E-state index contributed by atoms with van der Waals surface area (Å²) in [6.07, 6.45) is 0. The van der Waals surface area contributed by atoms with Crippen LogP contribution in [-0.2, 0) is 6.54 Å². The average molecular weight is 424 g/mol. The summed E-state index contributed by atoms with van der Waals surface area (Å²) < 4.78 is 54.1. The molecule has 1 aliphatic heterocycles. The molecule has 0 aromatic heterocycles. The minimum atomic E-state index is -3.08. The second-order valence-electron chi connectivity index (χ2n) is 6.74. The van der Waals surface area contributed by atoms with Crippen LogP contribution >= 0.6 is 0 Å². The molecule has 2 aromatic carbocycles. The molecule has 0 bridgehead atoms. The highest BCUT2D eigenvalue weighted by molar-refractivity contribution is 5.98. The number of carbonyl (C=O) groups is 1. The van der Waals surface area contributed by atoms with Gasteiger partial charge in [-0.15, -0.1) is 0 Å². The van der Waals surface area contributed by atoms with Crippen LogP contribution in [0.25, 0.3) is 0 Å². The van der Waals surface area contributed by atoms with E-state index in [1.54, 1.807) is 17.0 Å². The number of piperazine rings is 1. The second-order valence-corrected chi connectivity index (χ2v) is 6.74. The van der Waals surface area contributed by atoms with E-state index in [0.29, 0.717) is 38.5 Å². The molecule has 1 heterocycles. The molecule has 162 valence electrons. The van der Waals surface area contributed by atoms with E-state index in [1.165, 1.54) is 38.5 Å². The van der Waals surface area contributed by atoms with Crippen molar-refractivity contribution in [3.8, 4) is 17.2 Å². The van der Waals surface area contributed by atoms with Crippen molar-refractivity contribution in [3.05, 3.63) is 53.3 Å². The summed E-state index contributed by atoms with van der Waals surface area (Å²) in [6.45, 7) is -0.738. The maximum Gasteiger partial charge on any atom is 0.387 e. The topological polar surface area (TPSA) is 51.2 Å². The van der Waals surface area contributed by atoms with Crippen molar-refractivity contribution in [2.75, 3.05) is 40.4 Å². The van der Waals surface area contributed by atoms with Crippen molar-refractivity contribution in [1.82, 2.24) is 9.80 Å². The van der Waals surface area contributed by atoms with Crippen molar-refractivity contribution in [2.24, 2.45) is 0 Å². The molecule has 0 spiro atoms. The maximum absolute atomic E-state index is 13.6. The molecule has 1 saturated heterocycles. The SMILES string of the molecule is COc1ccc(F)cc1CN1CCN(C(=O)c2cccc(OC)c2OC(F)F)CC1. The normalized spacial score (nSPS) is 14.7. The number of para-hydroxylation sites is 1. The number of hydrogen-bond donors (Lipinski definition) is 0. The first-order valence-electron chi connectivity index (χ1n) is 9.38. The van der Waals surface area contributed by atoms with Crippen LogP contribution in [0, 0.1) is 5.82 Å². The number of benzene rings is 2. The van der Waals surface area contributed by atoms with Crippen LogP contribution in [0.15, 0.2) is 36.4 Å². The Labute approximate surface area is 172 Å². The average Bonchev–Trinajstić information content (AvgIpc) is 2.74. The molecule has 1 amide bonds. The highest BCUT2D eigenvalue weighted by Crippen LogP contribution is 2.33. The predicted octanol–water partition coefficient (Wildman–Crippen LogP) is 3.40. The Kier molecular flexibility index (Phi) is 7.04. The fourth-order valence-corrected chi connectivity index (χ4v) is 3.45. The number of methoxy groups -OCH3 is 2. The van der Waals surface area contributed by atoms with Gasteiger partial charge < -0.3 is 19.1 Å². The van der Waals surface area contributed by atoms with E-state index in [-0.39, 0.29) is 22.9 Å². The van der Waals surface area contributed by atoms with Gasteiger partial charge >= 0.3 is 6.61 Å². The largest absolute Gasteiger partial charge is 0.496 e. The molecule has 9 heteroatoms. The van der Waals surface area contributed by atoms with Gasteiger partial charge in [-0.2, -0.15) is 8.78 Å². The predicted molar refractivity (Wildman–Crippen MR) is 104 cm³/mol. The van der Waals surface area contributed by atoms with Crippen molar-refractivity contribution in [2.45, 2.75) is 13.2 Å². The zero-order chi connectivity index (χ0) is 21.7. The number of ether oxygens (including phenoxy) is 3. The van der Waals surface area contributed by atoms with Crippen LogP contribution in [0.5, 0.6) is 17.2 Å². The monoisotopic (exact) mass is 424 g/mol. The summed E-state index contributed by atoms with van der Waals surface area (Å²) in [5.41, 5.74) is 0.743. The first kappa shape index (κ1) is 21.8. The first-order chi connectivity index (χ1) is 14.4. The number of amides is 1. The van der Waals surface area contributed by atoms with Crippen LogP contribution in [-0.4, -0.2) is 62.7 Å². The number of rotatable bonds is 7. The number of halogens is 3. The lowest BCUT2D eigenvalue weighted by atomic mass is 10.1. The van der Waals surface area contributed by atoms with Gasteiger partial charge in [-0.1, -0.05) is 6.07 Å². The summed E-state index contributed by atoms with van der Waals surface area (Å²) >= 11 is 0. The van der Waals surface area contributed by atoms with E-state index in [9.17, 15) is 18.0 Å². The molecule has 0 aliphatic carbocycles. The molecule has 0 atom stereocenters. The van der Waals surface area contributed by atoms with E-state index in [0.717, 1.165) is 5.56 Å². The molecule has 0 N–H and O–H groups in total. The van der Waals surface area contributed by atoms with Gasteiger partial charge in [0.1, 0.15) is 11.6 Å². The Morgan fingerprint density at radius 1 is 1.03 bits per heavy atom. The van der Waals surface area contributed by atoms with Crippen LogP contribution in [0.3, 0.4) is 0 Å². The zero-order valence-electron chi connectivity index (χ0n) is 16.7. The van der Waals surface area contributed by atoms with Crippen molar-refractivity contribution >= 4 is 5.91 Å². The van der Waals surface area contributed by atoms with Gasteiger partial charge in [-0.05, 0) is 30.3 Å². The maximum atomic E-state index is 13.6. The minimum absolute atomic E-state index is 0.0231. The third kappa shape index (κ3) is 4.96.